The number of halogens is 4. The molecule has 0 aromatic heterocycles. The van der Waals surface area contributed by atoms with Crippen LogP contribution in [0.25, 0.3) is 0 Å². The summed E-state index contributed by atoms with van der Waals surface area (Å²) in [6.45, 7) is 5.17. The molecule has 9 nitrogen and oxygen atoms in total. The summed E-state index contributed by atoms with van der Waals surface area (Å²) in [6, 6.07) is 10.0. The number of ether oxygens (including phenoxy) is 2. The number of nitro benzene ring substituents is 2. The molecule has 3 aromatic carbocycles. The van der Waals surface area contributed by atoms with Gasteiger partial charge in [0.15, 0.2) is 34.8 Å². The molecule has 0 spiro atoms. The predicted molar refractivity (Wildman–Crippen MR) is 147 cm³/mol. The van der Waals surface area contributed by atoms with Crippen molar-refractivity contribution in [2.75, 3.05) is 18.9 Å². The van der Waals surface area contributed by atoms with Crippen LogP contribution in [0.4, 0.5) is 34.6 Å². The number of hydrogen-bond donors (Lipinski definition) is 1. The molecule has 0 radical (unpaired) electrons. The second-order valence-corrected chi connectivity index (χ2v) is 8.53. The Kier molecular flexibility index (Phi) is 15.9. The first-order valence-electron chi connectivity index (χ1n) is 12.8. The molecule has 0 unspecified atom stereocenters. The Morgan fingerprint density at radius 1 is 0.634 bits per heavy atom. The second kappa shape index (κ2) is 18.8. The van der Waals surface area contributed by atoms with Crippen molar-refractivity contribution < 1.29 is 36.9 Å². The zero-order valence-corrected chi connectivity index (χ0v) is 22.8. The zero-order valence-electron chi connectivity index (χ0n) is 22.8. The molecule has 0 atom stereocenters. The normalized spacial score (nSPS) is 10.0. The highest BCUT2D eigenvalue weighted by Gasteiger charge is 2.11. The first-order chi connectivity index (χ1) is 19.5. The van der Waals surface area contributed by atoms with Crippen LogP contribution >= 0.6 is 0 Å². The molecule has 41 heavy (non-hydrogen) atoms. The van der Waals surface area contributed by atoms with Gasteiger partial charge in [-0.2, -0.15) is 0 Å². The zero-order chi connectivity index (χ0) is 30.8. The van der Waals surface area contributed by atoms with Crippen LogP contribution < -0.4 is 15.2 Å². The van der Waals surface area contributed by atoms with E-state index in [1.54, 1.807) is 12.1 Å². The van der Waals surface area contributed by atoms with E-state index in [2.05, 4.69) is 13.8 Å². The molecule has 2 N–H and O–H groups in total. The number of nitro groups is 2. The van der Waals surface area contributed by atoms with Crippen molar-refractivity contribution in [2.24, 2.45) is 0 Å². The van der Waals surface area contributed by atoms with Crippen LogP contribution in [0.5, 0.6) is 11.5 Å². The Morgan fingerprint density at radius 2 is 1.07 bits per heavy atom. The summed E-state index contributed by atoms with van der Waals surface area (Å²) in [6.07, 6.45) is 6.14. The van der Waals surface area contributed by atoms with E-state index in [1.807, 2.05) is 0 Å². The number of hydrogen-bond acceptors (Lipinski definition) is 7. The Labute approximate surface area is 235 Å². The summed E-state index contributed by atoms with van der Waals surface area (Å²) in [4.78, 5) is 18.9. The fraction of sp³-hybridized carbons (Fsp3) is 0.357. The fourth-order valence-electron chi connectivity index (χ4n) is 3.02. The molecular formula is C28H33F4N3O6. The number of unbranched alkanes of at least 4 members (excludes halogenated alkanes) is 4. The van der Waals surface area contributed by atoms with Gasteiger partial charge in [-0.25, -0.2) is 17.6 Å². The third kappa shape index (κ3) is 13.5. The second-order valence-electron chi connectivity index (χ2n) is 8.53. The Balaban J connectivity index is 0.000000313. The highest BCUT2D eigenvalue weighted by Crippen LogP contribution is 2.23. The minimum absolute atomic E-state index is 0.0710. The van der Waals surface area contributed by atoms with Gasteiger partial charge in [0.05, 0.1) is 35.2 Å². The van der Waals surface area contributed by atoms with Gasteiger partial charge in [0.1, 0.15) is 0 Å². The maximum Gasteiger partial charge on any atom is 0.272 e. The number of nitrogen functional groups attached to an aromatic ring is 1. The van der Waals surface area contributed by atoms with E-state index in [4.69, 9.17) is 15.2 Å². The predicted octanol–water partition coefficient (Wildman–Crippen LogP) is 8.15. The number of rotatable bonds is 12. The lowest BCUT2D eigenvalue weighted by Crippen LogP contribution is -1.99. The molecule has 0 saturated heterocycles. The number of non-ortho nitro benzene ring substituents is 2. The van der Waals surface area contributed by atoms with Crippen molar-refractivity contribution in [3.8, 4) is 11.5 Å². The van der Waals surface area contributed by atoms with Crippen LogP contribution in [0, 0.1) is 43.5 Å². The maximum atomic E-state index is 13.3. The average Bonchev–Trinajstić information content (AvgIpc) is 2.93. The Morgan fingerprint density at radius 3 is 1.49 bits per heavy atom. The number of benzene rings is 3. The van der Waals surface area contributed by atoms with Gasteiger partial charge in [-0.1, -0.05) is 39.5 Å². The standard InChI is InChI=1S/C11H14FNO3.C11H16FNO.C6H3F2NO2/c1-2-3-4-7-16-11-6-5-9(13(14)15)8-10(11)12;1-2-3-4-7-14-11-6-5-9(13)8-10(11)12;7-5-2-1-4(9(10)11)3-6(5)8/h5-6,8H,2-4,7H2,1H3;5-6,8H,2-4,7,13H2,1H3;1-3H. The molecule has 0 aliphatic rings. The van der Waals surface area contributed by atoms with Gasteiger partial charge in [-0.3, -0.25) is 20.2 Å². The summed E-state index contributed by atoms with van der Waals surface area (Å²) in [7, 11) is 0. The van der Waals surface area contributed by atoms with E-state index in [1.165, 1.54) is 18.2 Å². The van der Waals surface area contributed by atoms with Gasteiger partial charge in [0, 0.05) is 23.9 Å². The molecule has 224 valence electrons. The average molecular weight is 584 g/mol. The van der Waals surface area contributed by atoms with Crippen molar-refractivity contribution in [1.82, 2.24) is 0 Å². The lowest BCUT2D eigenvalue weighted by Gasteiger charge is -2.06. The Hall–Kier alpha value is -4.42. The maximum absolute atomic E-state index is 13.3. The van der Waals surface area contributed by atoms with Crippen LogP contribution in [-0.2, 0) is 0 Å². The molecule has 0 saturated carbocycles. The third-order valence-electron chi connectivity index (χ3n) is 5.21. The summed E-state index contributed by atoms with van der Waals surface area (Å²) in [5.74, 6) is -3.01. The van der Waals surface area contributed by atoms with Crippen LogP contribution in [0.1, 0.15) is 52.4 Å². The van der Waals surface area contributed by atoms with Gasteiger partial charge in [0.25, 0.3) is 11.4 Å². The van der Waals surface area contributed by atoms with Crippen molar-refractivity contribution >= 4 is 17.1 Å². The number of anilines is 1. The van der Waals surface area contributed by atoms with E-state index >= 15 is 0 Å². The molecule has 0 bridgehead atoms. The molecule has 0 aliphatic carbocycles. The van der Waals surface area contributed by atoms with Crippen molar-refractivity contribution in [3.05, 3.63) is 98.1 Å². The molecule has 3 aromatic rings. The van der Waals surface area contributed by atoms with Crippen LogP contribution in [0.2, 0.25) is 0 Å². The third-order valence-corrected chi connectivity index (χ3v) is 5.21. The van der Waals surface area contributed by atoms with Crippen molar-refractivity contribution in [2.45, 2.75) is 52.4 Å². The molecule has 13 heteroatoms. The van der Waals surface area contributed by atoms with Gasteiger partial charge in [-0.05, 0) is 37.1 Å². The first kappa shape index (κ1) is 34.6. The van der Waals surface area contributed by atoms with Gasteiger partial charge >= 0.3 is 0 Å². The van der Waals surface area contributed by atoms with Gasteiger partial charge in [-0.15, -0.1) is 0 Å². The molecule has 0 aliphatic heterocycles. The minimum atomic E-state index is -1.21. The molecule has 0 heterocycles. The SMILES string of the molecule is CCCCCOc1ccc(N)cc1F.CCCCCOc1ccc([N+](=O)[O-])cc1F.O=[N+]([O-])c1ccc(F)c(F)c1. The smallest absolute Gasteiger partial charge is 0.272 e. The van der Waals surface area contributed by atoms with Crippen LogP contribution in [0.3, 0.4) is 0 Å². The van der Waals surface area contributed by atoms with Crippen molar-refractivity contribution in [3.63, 3.8) is 0 Å². The largest absolute Gasteiger partial charge is 0.491 e. The van der Waals surface area contributed by atoms with E-state index in [0.717, 1.165) is 50.7 Å². The van der Waals surface area contributed by atoms with Gasteiger partial charge in [0.2, 0.25) is 0 Å². The van der Waals surface area contributed by atoms with E-state index in [0.29, 0.717) is 31.0 Å². The topological polar surface area (TPSA) is 131 Å². The lowest BCUT2D eigenvalue weighted by atomic mass is 10.2. The molecule has 0 amide bonds. The van der Waals surface area contributed by atoms with Crippen LogP contribution in [-0.4, -0.2) is 23.1 Å². The highest BCUT2D eigenvalue weighted by molar-refractivity contribution is 5.42. The van der Waals surface area contributed by atoms with E-state index < -0.39 is 33.0 Å². The summed E-state index contributed by atoms with van der Waals surface area (Å²) >= 11 is 0. The summed E-state index contributed by atoms with van der Waals surface area (Å²) in [5, 5.41) is 20.3. The molecule has 0 fully saturated rings. The molecular weight excluding hydrogens is 550 g/mol. The lowest BCUT2D eigenvalue weighted by molar-refractivity contribution is -0.385. The van der Waals surface area contributed by atoms with Crippen molar-refractivity contribution in [1.29, 1.82) is 0 Å². The van der Waals surface area contributed by atoms with Crippen LogP contribution in [0.15, 0.2) is 54.6 Å². The summed E-state index contributed by atoms with van der Waals surface area (Å²) in [5.41, 5.74) is 5.11. The summed E-state index contributed by atoms with van der Waals surface area (Å²) < 4.78 is 61.3. The quantitative estimate of drug-likeness (QED) is 0.0748. The number of nitrogens with two attached hydrogens (primary N) is 1. The Bertz CT molecular complexity index is 1260. The minimum Gasteiger partial charge on any atom is -0.491 e. The first-order valence-corrected chi connectivity index (χ1v) is 12.8. The van der Waals surface area contributed by atoms with E-state index in [9.17, 15) is 37.8 Å². The monoisotopic (exact) mass is 583 g/mol. The number of nitrogens with zero attached hydrogens (tertiary/aromatic N) is 2. The highest BCUT2D eigenvalue weighted by atomic mass is 19.2. The molecule has 3 rings (SSSR count). The van der Waals surface area contributed by atoms with E-state index in [-0.39, 0.29) is 23.0 Å². The fourth-order valence-corrected chi connectivity index (χ4v) is 3.02. The van der Waals surface area contributed by atoms with Gasteiger partial charge < -0.3 is 15.2 Å².